The van der Waals surface area contributed by atoms with Crippen molar-refractivity contribution in [1.82, 2.24) is 9.55 Å². The smallest absolute Gasteiger partial charge is 0.345 e. The van der Waals surface area contributed by atoms with E-state index in [1.54, 1.807) is 42.5 Å². The zero-order valence-electron chi connectivity index (χ0n) is 18.9. The van der Waals surface area contributed by atoms with Crippen molar-refractivity contribution in [1.29, 1.82) is 0 Å². The van der Waals surface area contributed by atoms with E-state index < -0.39 is 5.97 Å². The van der Waals surface area contributed by atoms with Crippen molar-refractivity contribution in [3.63, 3.8) is 0 Å². The molecule has 0 unspecified atom stereocenters. The maximum atomic E-state index is 13.1. The number of ether oxygens (including phenoxy) is 1. The number of carbonyl (C=O) groups excluding carboxylic acids is 1. The molecule has 1 aromatic heterocycles. The average molecular weight is 534 g/mol. The quantitative estimate of drug-likeness (QED) is 0.163. The molecule has 0 fully saturated rings. The standard InChI is InChI=1S/C29H19Cl3N2O2/c30-22-12-4-1-9-19(22)18-34-26-16-8-7-15-25(26)33-28(34)17-27(20-10-2-5-13-23(20)31)36-29(35)21-11-3-6-14-24(21)32/h1-17H,18H2. The van der Waals surface area contributed by atoms with Gasteiger partial charge in [-0.2, -0.15) is 0 Å². The number of halogens is 3. The minimum atomic E-state index is -0.597. The van der Waals surface area contributed by atoms with Gasteiger partial charge in [0.1, 0.15) is 11.6 Å². The second kappa shape index (κ2) is 10.6. The highest BCUT2D eigenvalue weighted by Crippen LogP contribution is 2.30. The second-order valence-corrected chi connectivity index (χ2v) is 9.22. The molecule has 178 valence electrons. The molecule has 0 aliphatic rings. The molecule has 7 heteroatoms. The average Bonchev–Trinajstić information content (AvgIpc) is 3.22. The van der Waals surface area contributed by atoms with Gasteiger partial charge in [-0.1, -0.05) is 89.4 Å². The predicted octanol–water partition coefficient (Wildman–Crippen LogP) is 8.40. The van der Waals surface area contributed by atoms with Crippen LogP contribution in [-0.2, 0) is 11.3 Å². The third kappa shape index (κ3) is 5.02. The number of hydrogen-bond acceptors (Lipinski definition) is 3. The lowest BCUT2D eigenvalue weighted by atomic mass is 10.1. The number of imidazole rings is 1. The summed E-state index contributed by atoms with van der Waals surface area (Å²) in [5.74, 6) is 0.236. The molecule has 0 N–H and O–H groups in total. The van der Waals surface area contributed by atoms with Gasteiger partial charge in [0, 0.05) is 16.7 Å². The van der Waals surface area contributed by atoms with Crippen LogP contribution in [0.4, 0.5) is 0 Å². The van der Waals surface area contributed by atoms with Crippen LogP contribution in [0.5, 0.6) is 0 Å². The van der Waals surface area contributed by atoms with Gasteiger partial charge in [-0.25, -0.2) is 9.78 Å². The summed E-state index contributed by atoms with van der Waals surface area (Å²) in [7, 11) is 0. The molecule has 0 aliphatic heterocycles. The summed E-state index contributed by atoms with van der Waals surface area (Å²) in [4.78, 5) is 17.9. The monoisotopic (exact) mass is 532 g/mol. The van der Waals surface area contributed by atoms with Crippen molar-refractivity contribution in [2.45, 2.75) is 6.54 Å². The second-order valence-electron chi connectivity index (χ2n) is 7.99. The minimum Gasteiger partial charge on any atom is -0.422 e. The van der Waals surface area contributed by atoms with Crippen molar-refractivity contribution >= 4 is 63.6 Å². The fourth-order valence-electron chi connectivity index (χ4n) is 3.89. The first kappa shape index (κ1) is 24.1. The Kier molecular flexibility index (Phi) is 7.10. The van der Waals surface area contributed by atoms with Crippen LogP contribution in [0.3, 0.4) is 0 Å². The van der Waals surface area contributed by atoms with Gasteiger partial charge in [0.25, 0.3) is 0 Å². The van der Waals surface area contributed by atoms with Gasteiger partial charge in [0.15, 0.2) is 0 Å². The molecule has 0 saturated heterocycles. The number of carbonyl (C=O) groups is 1. The Labute approximate surface area is 223 Å². The molecule has 4 nitrogen and oxygen atoms in total. The van der Waals surface area contributed by atoms with Gasteiger partial charge >= 0.3 is 5.97 Å². The van der Waals surface area contributed by atoms with E-state index in [-0.39, 0.29) is 11.3 Å². The molecule has 0 bridgehead atoms. The van der Waals surface area contributed by atoms with Gasteiger partial charge < -0.3 is 9.30 Å². The van der Waals surface area contributed by atoms with Gasteiger partial charge in [-0.15, -0.1) is 0 Å². The predicted molar refractivity (Wildman–Crippen MR) is 146 cm³/mol. The normalized spacial score (nSPS) is 11.6. The summed E-state index contributed by atoms with van der Waals surface area (Å²) >= 11 is 19.2. The van der Waals surface area contributed by atoms with Crippen molar-refractivity contribution in [2.75, 3.05) is 0 Å². The summed E-state index contributed by atoms with van der Waals surface area (Å²) in [5, 5.41) is 1.39. The van der Waals surface area contributed by atoms with Crippen LogP contribution in [-0.4, -0.2) is 15.5 Å². The highest BCUT2D eigenvalue weighted by Gasteiger charge is 2.19. The highest BCUT2D eigenvalue weighted by atomic mass is 35.5. The van der Waals surface area contributed by atoms with Crippen LogP contribution in [0.15, 0.2) is 97.1 Å². The van der Waals surface area contributed by atoms with Crippen molar-refractivity contribution in [3.05, 3.63) is 135 Å². The Morgan fingerprint density at radius 3 is 2.03 bits per heavy atom. The number of nitrogens with zero attached hydrogens (tertiary/aromatic N) is 2. The zero-order chi connectivity index (χ0) is 25.1. The van der Waals surface area contributed by atoms with Crippen molar-refractivity contribution < 1.29 is 9.53 Å². The molecule has 36 heavy (non-hydrogen) atoms. The molecule has 4 aromatic carbocycles. The van der Waals surface area contributed by atoms with E-state index in [0.717, 1.165) is 16.6 Å². The summed E-state index contributed by atoms with van der Waals surface area (Å²) < 4.78 is 7.91. The van der Waals surface area contributed by atoms with Crippen molar-refractivity contribution in [3.8, 4) is 0 Å². The van der Waals surface area contributed by atoms with E-state index in [0.29, 0.717) is 33.0 Å². The summed E-state index contributed by atoms with van der Waals surface area (Å²) in [6, 6.07) is 29.3. The first-order valence-corrected chi connectivity index (χ1v) is 12.3. The third-order valence-corrected chi connectivity index (χ3v) is 6.69. The topological polar surface area (TPSA) is 44.1 Å². The molecule has 0 amide bonds. The lowest BCUT2D eigenvalue weighted by molar-refractivity contribution is 0.0694. The minimum absolute atomic E-state index is 0.251. The molecule has 5 aromatic rings. The summed E-state index contributed by atoms with van der Waals surface area (Å²) in [6.45, 7) is 0.473. The maximum absolute atomic E-state index is 13.1. The Morgan fingerprint density at radius 2 is 1.33 bits per heavy atom. The lowest BCUT2D eigenvalue weighted by Gasteiger charge is -2.13. The number of hydrogen-bond donors (Lipinski definition) is 0. The van der Waals surface area contributed by atoms with E-state index >= 15 is 0 Å². The lowest BCUT2D eigenvalue weighted by Crippen LogP contribution is -2.07. The largest absolute Gasteiger partial charge is 0.422 e. The molecule has 5 rings (SSSR count). The molecule has 0 atom stereocenters. The first-order valence-electron chi connectivity index (χ1n) is 11.1. The van der Waals surface area contributed by atoms with Crippen LogP contribution < -0.4 is 0 Å². The van der Waals surface area contributed by atoms with Gasteiger partial charge in [-0.3, -0.25) is 0 Å². The van der Waals surface area contributed by atoms with Crippen LogP contribution in [0.25, 0.3) is 22.9 Å². The van der Waals surface area contributed by atoms with E-state index in [2.05, 4.69) is 0 Å². The fourth-order valence-corrected chi connectivity index (χ4v) is 4.53. The summed E-state index contributed by atoms with van der Waals surface area (Å²) in [5.41, 5.74) is 3.45. The molecular weight excluding hydrogens is 515 g/mol. The Bertz CT molecular complexity index is 1610. The Morgan fingerprint density at radius 1 is 0.750 bits per heavy atom. The Hall–Kier alpha value is -3.57. The highest BCUT2D eigenvalue weighted by molar-refractivity contribution is 6.34. The van der Waals surface area contributed by atoms with Gasteiger partial charge in [-0.05, 0) is 48.0 Å². The van der Waals surface area contributed by atoms with Crippen LogP contribution in [0.1, 0.15) is 27.3 Å². The van der Waals surface area contributed by atoms with Crippen LogP contribution in [0.2, 0.25) is 15.1 Å². The van der Waals surface area contributed by atoms with Gasteiger partial charge in [0.05, 0.1) is 33.2 Å². The zero-order valence-corrected chi connectivity index (χ0v) is 21.1. The van der Waals surface area contributed by atoms with Gasteiger partial charge in [0.2, 0.25) is 0 Å². The third-order valence-electron chi connectivity index (χ3n) is 5.67. The molecule has 0 saturated carbocycles. The molecule has 0 aliphatic carbocycles. The number of para-hydroxylation sites is 2. The number of aromatic nitrogens is 2. The number of esters is 1. The van der Waals surface area contributed by atoms with Crippen LogP contribution >= 0.6 is 34.8 Å². The van der Waals surface area contributed by atoms with E-state index in [9.17, 15) is 4.79 Å². The van der Waals surface area contributed by atoms with E-state index in [1.807, 2.05) is 65.2 Å². The summed E-state index contributed by atoms with van der Waals surface area (Å²) in [6.07, 6.45) is 1.72. The molecule has 0 spiro atoms. The number of rotatable bonds is 6. The fraction of sp³-hybridized carbons (Fsp3) is 0.0345. The Balaban J connectivity index is 1.65. The van der Waals surface area contributed by atoms with Crippen molar-refractivity contribution in [2.24, 2.45) is 0 Å². The number of benzene rings is 4. The molecule has 0 radical (unpaired) electrons. The van der Waals surface area contributed by atoms with E-state index in [1.165, 1.54) is 0 Å². The van der Waals surface area contributed by atoms with E-state index in [4.69, 9.17) is 44.5 Å². The maximum Gasteiger partial charge on any atom is 0.345 e. The first-order chi connectivity index (χ1) is 17.5. The number of fused-ring (bicyclic) bond motifs is 1. The molecule has 1 heterocycles. The van der Waals surface area contributed by atoms with Crippen LogP contribution in [0, 0.1) is 0 Å². The SMILES string of the molecule is O=C(OC(=Cc1nc2ccccc2n1Cc1ccccc1Cl)c1ccccc1Cl)c1ccccc1Cl. The molecular formula is C29H19Cl3N2O2.